The summed E-state index contributed by atoms with van der Waals surface area (Å²) in [5.41, 5.74) is 1.16. The molecule has 0 fully saturated rings. The van der Waals surface area contributed by atoms with Crippen molar-refractivity contribution in [2.75, 3.05) is 13.7 Å². The lowest BCUT2D eigenvalue weighted by Gasteiger charge is -2.21. The lowest BCUT2D eigenvalue weighted by Crippen LogP contribution is -2.21. The summed E-state index contributed by atoms with van der Waals surface area (Å²) >= 11 is 0. The summed E-state index contributed by atoms with van der Waals surface area (Å²) in [4.78, 5) is 0. The van der Waals surface area contributed by atoms with Crippen LogP contribution in [0.1, 0.15) is 46.1 Å². The van der Waals surface area contributed by atoms with Crippen LogP contribution in [0.5, 0.6) is 11.5 Å². The summed E-state index contributed by atoms with van der Waals surface area (Å²) in [6, 6.07) is 6.09. The molecule has 0 aliphatic heterocycles. The second-order valence-corrected chi connectivity index (χ2v) is 5.53. The topological polar surface area (TPSA) is 30.5 Å². The predicted octanol–water partition coefficient (Wildman–Crippen LogP) is 4.01. The molecule has 0 radical (unpaired) electrons. The molecule has 0 aromatic heterocycles. The van der Waals surface area contributed by atoms with Crippen LogP contribution in [0.3, 0.4) is 0 Å². The number of methoxy groups -OCH3 is 1. The van der Waals surface area contributed by atoms with Crippen molar-refractivity contribution >= 4 is 0 Å². The third kappa shape index (κ3) is 5.04. The van der Waals surface area contributed by atoms with Gasteiger partial charge in [0.1, 0.15) is 0 Å². The van der Waals surface area contributed by atoms with E-state index in [9.17, 15) is 0 Å². The minimum atomic E-state index is 0.246. The standard InChI is InChI=1S/C17H29NO2/c1-6-15(7-2)20-17-14(12-18-11-13(3)4)9-8-10-16(17)19-5/h8-10,13,15,18H,6-7,11-12H2,1-5H3. The van der Waals surface area contributed by atoms with Crippen molar-refractivity contribution in [3.63, 3.8) is 0 Å². The van der Waals surface area contributed by atoms with Crippen molar-refractivity contribution in [2.45, 2.75) is 53.2 Å². The Hall–Kier alpha value is -1.22. The Morgan fingerprint density at radius 2 is 1.85 bits per heavy atom. The Labute approximate surface area is 123 Å². The van der Waals surface area contributed by atoms with Crippen molar-refractivity contribution < 1.29 is 9.47 Å². The van der Waals surface area contributed by atoms with Crippen molar-refractivity contribution in [3.8, 4) is 11.5 Å². The first-order valence-electron chi connectivity index (χ1n) is 7.65. The van der Waals surface area contributed by atoms with Crippen LogP contribution in [-0.4, -0.2) is 19.8 Å². The average Bonchev–Trinajstić information content (AvgIpc) is 2.45. The highest BCUT2D eigenvalue weighted by atomic mass is 16.5. The molecule has 0 bridgehead atoms. The first-order chi connectivity index (χ1) is 9.62. The largest absolute Gasteiger partial charge is 0.493 e. The van der Waals surface area contributed by atoms with Crippen molar-refractivity contribution in [3.05, 3.63) is 23.8 Å². The van der Waals surface area contributed by atoms with Crippen molar-refractivity contribution in [2.24, 2.45) is 5.92 Å². The summed E-state index contributed by atoms with van der Waals surface area (Å²) < 4.78 is 11.6. The molecule has 0 aliphatic carbocycles. The smallest absolute Gasteiger partial charge is 0.166 e. The molecule has 3 heteroatoms. The van der Waals surface area contributed by atoms with Crippen LogP contribution in [0.2, 0.25) is 0 Å². The van der Waals surface area contributed by atoms with Gasteiger partial charge in [0.05, 0.1) is 13.2 Å². The SMILES string of the molecule is CCC(CC)Oc1c(CNCC(C)C)cccc1OC. The highest BCUT2D eigenvalue weighted by molar-refractivity contribution is 5.46. The third-order valence-electron chi connectivity index (χ3n) is 3.34. The molecule has 0 spiro atoms. The highest BCUT2D eigenvalue weighted by Crippen LogP contribution is 2.32. The molecule has 0 heterocycles. The number of hydrogen-bond donors (Lipinski definition) is 1. The number of benzene rings is 1. The van der Waals surface area contributed by atoms with Crippen LogP contribution in [-0.2, 0) is 6.54 Å². The van der Waals surface area contributed by atoms with Gasteiger partial charge in [-0.05, 0) is 31.4 Å². The summed E-state index contributed by atoms with van der Waals surface area (Å²) in [5, 5.41) is 3.47. The summed E-state index contributed by atoms with van der Waals surface area (Å²) in [7, 11) is 1.69. The van der Waals surface area contributed by atoms with Crippen molar-refractivity contribution in [1.29, 1.82) is 0 Å². The summed E-state index contributed by atoms with van der Waals surface area (Å²) in [6.07, 6.45) is 2.26. The minimum Gasteiger partial charge on any atom is -0.493 e. The first kappa shape index (κ1) is 16.8. The molecule has 1 N–H and O–H groups in total. The van der Waals surface area contributed by atoms with Crippen LogP contribution in [0.15, 0.2) is 18.2 Å². The van der Waals surface area contributed by atoms with Crippen LogP contribution < -0.4 is 14.8 Å². The maximum atomic E-state index is 6.16. The molecule has 0 saturated carbocycles. The Balaban J connectivity index is 2.86. The van der Waals surface area contributed by atoms with E-state index < -0.39 is 0 Å². The van der Waals surface area contributed by atoms with E-state index >= 15 is 0 Å². The fraction of sp³-hybridized carbons (Fsp3) is 0.647. The maximum Gasteiger partial charge on any atom is 0.166 e. The van der Waals surface area contributed by atoms with Crippen LogP contribution in [0.25, 0.3) is 0 Å². The van der Waals surface area contributed by atoms with Gasteiger partial charge in [-0.2, -0.15) is 0 Å². The predicted molar refractivity (Wildman–Crippen MR) is 84.5 cm³/mol. The van der Waals surface area contributed by atoms with Gasteiger partial charge in [0, 0.05) is 12.1 Å². The quantitative estimate of drug-likeness (QED) is 0.741. The molecule has 0 atom stereocenters. The lowest BCUT2D eigenvalue weighted by atomic mass is 10.1. The molecule has 1 aromatic carbocycles. The van der Waals surface area contributed by atoms with Crippen LogP contribution in [0.4, 0.5) is 0 Å². The fourth-order valence-electron chi connectivity index (χ4n) is 2.11. The van der Waals surface area contributed by atoms with E-state index in [2.05, 4.69) is 39.1 Å². The molecule has 114 valence electrons. The van der Waals surface area contributed by atoms with Gasteiger partial charge in [-0.1, -0.05) is 39.8 Å². The van der Waals surface area contributed by atoms with Gasteiger partial charge in [-0.25, -0.2) is 0 Å². The van der Waals surface area contributed by atoms with E-state index in [-0.39, 0.29) is 6.10 Å². The molecule has 1 rings (SSSR count). The third-order valence-corrected chi connectivity index (χ3v) is 3.34. The zero-order chi connectivity index (χ0) is 15.0. The Bertz CT molecular complexity index is 387. The van der Waals surface area contributed by atoms with Gasteiger partial charge in [0.25, 0.3) is 0 Å². The van der Waals surface area contributed by atoms with Crippen LogP contribution >= 0.6 is 0 Å². The molecular formula is C17H29NO2. The molecule has 0 amide bonds. The second kappa shape index (κ2) is 8.85. The molecule has 3 nitrogen and oxygen atoms in total. The number of para-hydroxylation sites is 1. The Morgan fingerprint density at radius 3 is 2.40 bits per heavy atom. The molecule has 0 unspecified atom stereocenters. The van der Waals surface area contributed by atoms with E-state index in [1.807, 2.05) is 12.1 Å². The zero-order valence-electron chi connectivity index (χ0n) is 13.5. The van der Waals surface area contributed by atoms with Gasteiger partial charge in [-0.15, -0.1) is 0 Å². The Kier molecular flexibility index (Phi) is 7.45. The number of rotatable bonds is 9. The molecule has 0 saturated heterocycles. The maximum absolute atomic E-state index is 6.16. The normalized spacial score (nSPS) is 11.2. The monoisotopic (exact) mass is 279 g/mol. The zero-order valence-corrected chi connectivity index (χ0v) is 13.5. The minimum absolute atomic E-state index is 0.246. The summed E-state index contributed by atoms with van der Waals surface area (Å²) in [6.45, 7) is 10.5. The molecular weight excluding hydrogens is 250 g/mol. The van der Waals surface area contributed by atoms with Crippen molar-refractivity contribution in [1.82, 2.24) is 5.32 Å². The van der Waals surface area contributed by atoms with Crippen LogP contribution in [0, 0.1) is 5.92 Å². The van der Waals surface area contributed by atoms with E-state index in [1.165, 1.54) is 0 Å². The second-order valence-electron chi connectivity index (χ2n) is 5.53. The first-order valence-corrected chi connectivity index (χ1v) is 7.65. The van der Waals surface area contributed by atoms with E-state index in [0.29, 0.717) is 5.92 Å². The fourth-order valence-corrected chi connectivity index (χ4v) is 2.11. The van der Waals surface area contributed by atoms with Gasteiger partial charge in [-0.3, -0.25) is 0 Å². The summed E-state index contributed by atoms with van der Waals surface area (Å²) in [5.74, 6) is 2.35. The molecule has 0 aliphatic rings. The van der Waals surface area contributed by atoms with Gasteiger partial charge in [0.15, 0.2) is 11.5 Å². The highest BCUT2D eigenvalue weighted by Gasteiger charge is 2.14. The number of hydrogen-bond acceptors (Lipinski definition) is 3. The van der Waals surface area contributed by atoms with Gasteiger partial charge >= 0.3 is 0 Å². The Morgan fingerprint density at radius 1 is 1.15 bits per heavy atom. The van der Waals surface area contributed by atoms with E-state index in [1.54, 1.807) is 7.11 Å². The van der Waals surface area contributed by atoms with E-state index in [0.717, 1.165) is 43.0 Å². The molecule has 20 heavy (non-hydrogen) atoms. The lowest BCUT2D eigenvalue weighted by molar-refractivity contribution is 0.182. The van der Waals surface area contributed by atoms with E-state index in [4.69, 9.17) is 9.47 Å². The molecule has 1 aromatic rings. The van der Waals surface area contributed by atoms with Gasteiger partial charge < -0.3 is 14.8 Å². The van der Waals surface area contributed by atoms with Gasteiger partial charge in [0.2, 0.25) is 0 Å². The number of ether oxygens (including phenoxy) is 2. The average molecular weight is 279 g/mol. The number of nitrogens with one attached hydrogen (secondary N) is 1.